The van der Waals surface area contributed by atoms with E-state index in [1.807, 2.05) is 6.92 Å². The van der Waals surface area contributed by atoms with Gasteiger partial charge in [0, 0.05) is 20.5 Å². The lowest BCUT2D eigenvalue weighted by Gasteiger charge is -2.24. The van der Waals surface area contributed by atoms with E-state index in [0.717, 1.165) is 31.6 Å². The van der Waals surface area contributed by atoms with Crippen molar-refractivity contribution in [3.63, 3.8) is 0 Å². The molecule has 0 aromatic carbocycles. The summed E-state index contributed by atoms with van der Waals surface area (Å²) in [6.45, 7) is 3.47. The minimum absolute atomic E-state index is 0.0445. The van der Waals surface area contributed by atoms with Crippen LogP contribution in [0.4, 0.5) is 0 Å². The topological polar surface area (TPSA) is 62.5 Å². The summed E-state index contributed by atoms with van der Waals surface area (Å²) in [5, 5.41) is 3.87. The van der Waals surface area contributed by atoms with Crippen molar-refractivity contribution in [2.75, 3.05) is 20.6 Å². The predicted molar refractivity (Wildman–Crippen MR) is 65.8 cm³/mol. The molecule has 1 aromatic heterocycles. The SMILES string of the molecule is CCc1noc(CN2CCCC2C(=O)N(C)C)n1. The number of rotatable bonds is 4. The molecule has 0 aliphatic carbocycles. The van der Waals surface area contributed by atoms with Gasteiger partial charge >= 0.3 is 0 Å². The zero-order chi connectivity index (χ0) is 13.1. The lowest BCUT2D eigenvalue weighted by Crippen LogP contribution is -2.42. The molecule has 1 fully saturated rings. The summed E-state index contributed by atoms with van der Waals surface area (Å²) in [5.74, 6) is 1.48. The van der Waals surface area contributed by atoms with Crippen LogP contribution in [0.3, 0.4) is 0 Å². The molecule has 6 heteroatoms. The molecule has 1 aromatic rings. The second kappa shape index (κ2) is 5.48. The molecule has 0 radical (unpaired) electrons. The molecule has 1 aliphatic heterocycles. The van der Waals surface area contributed by atoms with Gasteiger partial charge in [0.05, 0.1) is 12.6 Å². The van der Waals surface area contributed by atoms with Gasteiger partial charge in [-0.25, -0.2) is 0 Å². The third-order valence-electron chi connectivity index (χ3n) is 3.25. The maximum atomic E-state index is 12.0. The van der Waals surface area contributed by atoms with Gasteiger partial charge in [-0.05, 0) is 19.4 Å². The van der Waals surface area contributed by atoms with E-state index in [0.29, 0.717) is 12.4 Å². The van der Waals surface area contributed by atoms with Crippen LogP contribution < -0.4 is 0 Å². The summed E-state index contributed by atoms with van der Waals surface area (Å²) < 4.78 is 5.18. The Balaban J connectivity index is 2.01. The Morgan fingerprint density at radius 1 is 1.56 bits per heavy atom. The van der Waals surface area contributed by atoms with Crippen LogP contribution in [0.2, 0.25) is 0 Å². The molecule has 0 N–H and O–H groups in total. The highest BCUT2D eigenvalue weighted by atomic mass is 16.5. The van der Waals surface area contributed by atoms with Gasteiger partial charge in [-0.1, -0.05) is 12.1 Å². The van der Waals surface area contributed by atoms with Crippen molar-refractivity contribution in [1.29, 1.82) is 0 Å². The van der Waals surface area contributed by atoms with Crippen LogP contribution in [0.25, 0.3) is 0 Å². The van der Waals surface area contributed by atoms with Gasteiger partial charge in [0.15, 0.2) is 5.82 Å². The lowest BCUT2D eigenvalue weighted by molar-refractivity contribution is -0.133. The highest BCUT2D eigenvalue weighted by Gasteiger charge is 2.32. The normalized spacial score (nSPS) is 20.3. The fourth-order valence-electron chi connectivity index (χ4n) is 2.26. The second-order valence-electron chi connectivity index (χ2n) is 4.82. The van der Waals surface area contributed by atoms with E-state index < -0.39 is 0 Å². The Hall–Kier alpha value is -1.43. The van der Waals surface area contributed by atoms with Crippen LogP contribution in [-0.4, -0.2) is 52.5 Å². The Morgan fingerprint density at radius 2 is 2.33 bits per heavy atom. The second-order valence-corrected chi connectivity index (χ2v) is 4.82. The zero-order valence-corrected chi connectivity index (χ0v) is 11.2. The van der Waals surface area contributed by atoms with Gasteiger partial charge in [-0.15, -0.1) is 0 Å². The Kier molecular flexibility index (Phi) is 3.96. The molecule has 1 unspecified atom stereocenters. The van der Waals surface area contributed by atoms with E-state index in [-0.39, 0.29) is 11.9 Å². The van der Waals surface area contributed by atoms with Gasteiger partial charge in [-0.2, -0.15) is 4.98 Å². The largest absolute Gasteiger partial charge is 0.347 e. The van der Waals surface area contributed by atoms with Crippen LogP contribution in [0, 0.1) is 0 Å². The number of likely N-dealkylation sites (tertiary alicyclic amines) is 1. The van der Waals surface area contributed by atoms with Gasteiger partial charge in [0.25, 0.3) is 0 Å². The van der Waals surface area contributed by atoms with Crippen molar-refractivity contribution in [3.05, 3.63) is 11.7 Å². The highest BCUT2D eigenvalue weighted by Crippen LogP contribution is 2.20. The first-order valence-electron chi connectivity index (χ1n) is 6.38. The minimum Gasteiger partial charge on any atom is -0.347 e. The Bertz CT molecular complexity index is 416. The van der Waals surface area contributed by atoms with Crippen LogP contribution >= 0.6 is 0 Å². The van der Waals surface area contributed by atoms with E-state index in [1.165, 1.54) is 0 Å². The lowest BCUT2D eigenvalue weighted by atomic mass is 10.2. The molecule has 1 atom stereocenters. The van der Waals surface area contributed by atoms with Gasteiger partial charge in [0.1, 0.15) is 0 Å². The summed E-state index contributed by atoms with van der Waals surface area (Å²) in [4.78, 5) is 20.1. The first-order valence-corrected chi connectivity index (χ1v) is 6.38. The first kappa shape index (κ1) is 13.0. The molecule has 0 bridgehead atoms. The van der Waals surface area contributed by atoms with E-state index >= 15 is 0 Å². The summed E-state index contributed by atoms with van der Waals surface area (Å²) in [5.41, 5.74) is 0. The molecule has 1 saturated heterocycles. The van der Waals surface area contributed by atoms with Gasteiger partial charge in [-0.3, -0.25) is 9.69 Å². The van der Waals surface area contributed by atoms with Crippen molar-refractivity contribution in [2.45, 2.75) is 38.8 Å². The molecule has 6 nitrogen and oxygen atoms in total. The van der Waals surface area contributed by atoms with Crippen LogP contribution in [-0.2, 0) is 17.8 Å². The number of likely N-dealkylation sites (N-methyl/N-ethyl adjacent to an activating group) is 1. The van der Waals surface area contributed by atoms with Crippen LogP contribution in [0.5, 0.6) is 0 Å². The minimum atomic E-state index is -0.0445. The molecule has 100 valence electrons. The Morgan fingerprint density at radius 3 is 2.94 bits per heavy atom. The van der Waals surface area contributed by atoms with Gasteiger partial charge < -0.3 is 9.42 Å². The summed E-state index contributed by atoms with van der Waals surface area (Å²) >= 11 is 0. The third-order valence-corrected chi connectivity index (χ3v) is 3.25. The zero-order valence-electron chi connectivity index (χ0n) is 11.2. The fraction of sp³-hybridized carbons (Fsp3) is 0.750. The number of carbonyl (C=O) groups excluding carboxylic acids is 1. The molecule has 2 rings (SSSR count). The van der Waals surface area contributed by atoms with Gasteiger partial charge in [0.2, 0.25) is 11.8 Å². The highest BCUT2D eigenvalue weighted by molar-refractivity contribution is 5.81. The third kappa shape index (κ3) is 2.69. The van der Waals surface area contributed by atoms with Crippen molar-refractivity contribution < 1.29 is 9.32 Å². The average molecular weight is 252 g/mol. The molecule has 1 amide bonds. The molecular weight excluding hydrogens is 232 g/mol. The number of carbonyl (C=O) groups is 1. The van der Waals surface area contributed by atoms with Crippen molar-refractivity contribution in [3.8, 4) is 0 Å². The maximum absolute atomic E-state index is 12.0. The molecule has 1 aliphatic rings. The first-order chi connectivity index (χ1) is 8.61. The smallest absolute Gasteiger partial charge is 0.240 e. The monoisotopic (exact) mass is 252 g/mol. The fourth-order valence-corrected chi connectivity index (χ4v) is 2.26. The Labute approximate surface area is 107 Å². The van der Waals surface area contributed by atoms with Crippen LogP contribution in [0.15, 0.2) is 4.52 Å². The van der Waals surface area contributed by atoms with Crippen LogP contribution in [0.1, 0.15) is 31.5 Å². The summed E-state index contributed by atoms with van der Waals surface area (Å²) in [6, 6.07) is -0.0445. The summed E-state index contributed by atoms with van der Waals surface area (Å²) in [7, 11) is 3.58. The number of nitrogens with zero attached hydrogens (tertiary/aromatic N) is 4. The van der Waals surface area contributed by atoms with E-state index in [9.17, 15) is 4.79 Å². The average Bonchev–Trinajstić information content (AvgIpc) is 2.97. The summed E-state index contributed by atoms with van der Waals surface area (Å²) in [6.07, 6.45) is 2.72. The van der Waals surface area contributed by atoms with E-state index in [2.05, 4.69) is 15.0 Å². The number of amides is 1. The number of hydrogen-bond donors (Lipinski definition) is 0. The van der Waals surface area contributed by atoms with Crippen molar-refractivity contribution in [2.24, 2.45) is 0 Å². The molecule has 0 spiro atoms. The van der Waals surface area contributed by atoms with E-state index in [1.54, 1.807) is 19.0 Å². The van der Waals surface area contributed by atoms with E-state index in [4.69, 9.17) is 4.52 Å². The quantitative estimate of drug-likeness (QED) is 0.788. The molecule has 0 saturated carbocycles. The van der Waals surface area contributed by atoms with Crippen molar-refractivity contribution >= 4 is 5.91 Å². The molecular formula is C12H20N4O2. The maximum Gasteiger partial charge on any atom is 0.240 e. The van der Waals surface area contributed by atoms with Crippen molar-refractivity contribution in [1.82, 2.24) is 19.9 Å². The molecule has 2 heterocycles. The predicted octanol–water partition coefficient (Wildman–Crippen LogP) is 0.685. The number of hydrogen-bond acceptors (Lipinski definition) is 5. The number of aromatic nitrogens is 2. The number of aryl methyl sites for hydroxylation is 1. The standard InChI is InChI=1S/C12H20N4O2/c1-4-10-13-11(18-14-10)8-16-7-5-6-9(16)12(17)15(2)3/h9H,4-8H2,1-3H3. The molecule has 18 heavy (non-hydrogen) atoms.